The molecule has 2 aromatic rings. The molecule has 1 N–H and O–H groups in total. The molecule has 1 heterocycles. The van der Waals surface area contributed by atoms with Crippen LogP contribution in [-0.4, -0.2) is 16.3 Å². The molecular weight excluding hydrogens is 246 g/mol. The van der Waals surface area contributed by atoms with Crippen LogP contribution in [0, 0.1) is 5.92 Å². The van der Waals surface area contributed by atoms with Gasteiger partial charge in [0.15, 0.2) is 0 Å². The van der Waals surface area contributed by atoms with E-state index >= 15 is 0 Å². The van der Waals surface area contributed by atoms with Gasteiger partial charge in [0.1, 0.15) is 0 Å². The van der Waals surface area contributed by atoms with Crippen molar-refractivity contribution in [2.45, 2.75) is 40.3 Å². The van der Waals surface area contributed by atoms with Gasteiger partial charge in [0.05, 0.1) is 11.2 Å². The number of aromatic nitrogens is 2. The van der Waals surface area contributed by atoms with Crippen molar-refractivity contribution in [3.63, 3.8) is 0 Å². The number of hydrogen-bond donors (Lipinski definition) is 1. The molecule has 0 unspecified atom stereocenters. The Kier molecular flexibility index (Phi) is 4.96. The van der Waals surface area contributed by atoms with Crippen LogP contribution < -0.4 is 5.32 Å². The molecular formula is C17H25N3. The molecule has 0 saturated heterocycles. The van der Waals surface area contributed by atoms with Crippen LogP contribution in [0.3, 0.4) is 0 Å². The third kappa shape index (κ3) is 3.70. The van der Waals surface area contributed by atoms with E-state index < -0.39 is 0 Å². The fraction of sp³-hybridized carbons (Fsp3) is 0.471. The van der Waals surface area contributed by atoms with E-state index in [1.165, 1.54) is 16.5 Å². The second-order valence-corrected chi connectivity index (χ2v) is 5.92. The number of rotatable bonds is 7. The summed E-state index contributed by atoms with van der Waals surface area (Å²) in [6.45, 7) is 13.2. The average molecular weight is 271 g/mol. The van der Waals surface area contributed by atoms with Crippen molar-refractivity contribution in [1.82, 2.24) is 15.1 Å². The van der Waals surface area contributed by atoms with Gasteiger partial charge in [-0.25, -0.2) is 0 Å². The second-order valence-electron chi connectivity index (χ2n) is 5.92. The van der Waals surface area contributed by atoms with Gasteiger partial charge in [-0.05, 0) is 31.9 Å². The molecule has 0 aliphatic carbocycles. The van der Waals surface area contributed by atoms with Crippen LogP contribution in [0.2, 0.25) is 0 Å². The van der Waals surface area contributed by atoms with E-state index in [9.17, 15) is 0 Å². The highest BCUT2D eigenvalue weighted by molar-refractivity contribution is 5.81. The summed E-state index contributed by atoms with van der Waals surface area (Å²) in [6, 6.07) is 8.46. The van der Waals surface area contributed by atoms with Crippen molar-refractivity contribution in [2.75, 3.05) is 6.54 Å². The molecule has 20 heavy (non-hydrogen) atoms. The minimum atomic E-state index is 0.659. The summed E-state index contributed by atoms with van der Waals surface area (Å²) >= 11 is 0. The smallest absolute Gasteiger partial charge is 0.0841 e. The van der Waals surface area contributed by atoms with E-state index in [0.717, 1.165) is 31.7 Å². The van der Waals surface area contributed by atoms with E-state index in [-0.39, 0.29) is 0 Å². The van der Waals surface area contributed by atoms with Crippen LogP contribution in [0.1, 0.15) is 32.9 Å². The quantitative estimate of drug-likeness (QED) is 0.777. The summed E-state index contributed by atoms with van der Waals surface area (Å²) in [6.07, 6.45) is 0.977. The molecule has 0 saturated carbocycles. The molecule has 1 aromatic heterocycles. The van der Waals surface area contributed by atoms with E-state index in [4.69, 9.17) is 5.10 Å². The molecule has 0 aliphatic heterocycles. The maximum atomic E-state index is 4.77. The van der Waals surface area contributed by atoms with Gasteiger partial charge in [-0.2, -0.15) is 5.10 Å². The molecule has 0 atom stereocenters. The van der Waals surface area contributed by atoms with Gasteiger partial charge < -0.3 is 5.32 Å². The Bertz CT molecular complexity index is 581. The fourth-order valence-electron chi connectivity index (χ4n) is 2.27. The van der Waals surface area contributed by atoms with Crippen LogP contribution in [0.15, 0.2) is 36.4 Å². The van der Waals surface area contributed by atoms with Gasteiger partial charge in [-0.3, -0.25) is 4.68 Å². The Morgan fingerprint density at radius 1 is 1.35 bits per heavy atom. The molecule has 0 spiro atoms. The average Bonchev–Trinajstić information content (AvgIpc) is 2.75. The molecule has 108 valence electrons. The Morgan fingerprint density at radius 3 is 2.80 bits per heavy atom. The maximum absolute atomic E-state index is 4.77. The number of allylic oxidation sites excluding steroid dienone is 1. The van der Waals surface area contributed by atoms with Gasteiger partial charge in [-0.1, -0.05) is 37.6 Å². The van der Waals surface area contributed by atoms with Crippen molar-refractivity contribution < 1.29 is 0 Å². The maximum Gasteiger partial charge on any atom is 0.0841 e. The number of nitrogens with one attached hydrogen (secondary N) is 1. The van der Waals surface area contributed by atoms with Crippen molar-refractivity contribution in [2.24, 2.45) is 5.92 Å². The monoisotopic (exact) mass is 271 g/mol. The number of benzene rings is 1. The third-order valence-electron chi connectivity index (χ3n) is 3.33. The first-order valence-electron chi connectivity index (χ1n) is 7.37. The predicted octanol–water partition coefficient (Wildman–Crippen LogP) is 3.75. The molecule has 2 rings (SSSR count). The van der Waals surface area contributed by atoms with E-state index in [1.807, 2.05) is 0 Å². The molecule has 1 aromatic carbocycles. The second kappa shape index (κ2) is 6.71. The first-order valence-corrected chi connectivity index (χ1v) is 7.37. The highest BCUT2D eigenvalue weighted by Gasteiger charge is 2.09. The van der Waals surface area contributed by atoms with Crippen molar-refractivity contribution in [3.8, 4) is 0 Å². The number of hydrogen-bond acceptors (Lipinski definition) is 2. The lowest BCUT2D eigenvalue weighted by Gasteiger charge is -2.05. The predicted molar refractivity (Wildman–Crippen MR) is 85.7 cm³/mol. The van der Waals surface area contributed by atoms with Crippen LogP contribution in [-0.2, 0) is 13.1 Å². The lowest BCUT2D eigenvalue weighted by atomic mass is 10.2. The highest BCUT2D eigenvalue weighted by atomic mass is 15.3. The summed E-state index contributed by atoms with van der Waals surface area (Å²) in [4.78, 5) is 0. The van der Waals surface area contributed by atoms with Crippen molar-refractivity contribution in [1.29, 1.82) is 0 Å². The zero-order valence-electron chi connectivity index (χ0n) is 12.8. The van der Waals surface area contributed by atoms with Crippen LogP contribution >= 0.6 is 0 Å². The lowest BCUT2D eigenvalue weighted by Crippen LogP contribution is -2.19. The standard InChI is InChI=1S/C17H25N3/c1-13(2)9-10-20-17-8-6-5-7-15(17)16(19-20)12-18-11-14(3)4/h5-8,14,18H,1,9-12H2,2-4H3. The third-order valence-corrected chi connectivity index (χ3v) is 3.33. The SMILES string of the molecule is C=C(C)CCn1nc(CNCC(C)C)c2ccccc21. The Morgan fingerprint density at radius 2 is 2.10 bits per heavy atom. The van der Waals surface area contributed by atoms with E-state index in [0.29, 0.717) is 5.92 Å². The summed E-state index contributed by atoms with van der Waals surface area (Å²) in [5.41, 5.74) is 3.56. The van der Waals surface area contributed by atoms with Gasteiger partial charge in [0, 0.05) is 18.5 Å². The van der Waals surface area contributed by atoms with E-state index in [1.54, 1.807) is 0 Å². The molecule has 0 fully saturated rings. The number of fused-ring (bicyclic) bond motifs is 1. The summed E-state index contributed by atoms with van der Waals surface area (Å²) in [5, 5.41) is 9.50. The molecule has 0 amide bonds. The van der Waals surface area contributed by atoms with Crippen LogP contribution in [0.25, 0.3) is 10.9 Å². The molecule has 0 radical (unpaired) electrons. The van der Waals surface area contributed by atoms with Crippen molar-refractivity contribution >= 4 is 10.9 Å². The first kappa shape index (κ1) is 14.8. The summed E-state index contributed by atoms with van der Waals surface area (Å²) < 4.78 is 2.11. The van der Waals surface area contributed by atoms with Crippen LogP contribution in [0.5, 0.6) is 0 Å². The molecule has 3 heteroatoms. The Balaban J connectivity index is 2.19. The number of para-hydroxylation sites is 1. The molecule has 3 nitrogen and oxygen atoms in total. The van der Waals surface area contributed by atoms with E-state index in [2.05, 4.69) is 61.6 Å². The Hall–Kier alpha value is -1.61. The minimum absolute atomic E-state index is 0.659. The largest absolute Gasteiger partial charge is 0.311 e. The zero-order chi connectivity index (χ0) is 14.5. The normalized spacial score (nSPS) is 11.4. The highest BCUT2D eigenvalue weighted by Crippen LogP contribution is 2.19. The summed E-state index contributed by atoms with van der Waals surface area (Å²) in [5.74, 6) is 0.659. The first-order chi connectivity index (χ1) is 9.58. The Labute approximate surface area is 121 Å². The van der Waals surface area contributed by atoms with Gasteiger partial charge in [-0.15, -0.1) is 6.58 Å². The zero-order valence-corrected chi connectivity index (χ0v) is 12.8. The van der Waals surface area contributed by atoms with Crippen molar-refractivity contribution in [3.05, 3.63) is 42.1 Å². The van der Waals surface area contributed by atoms with Gasteiger partial charge >= 0.3 is 0 Å². The lowest BCUT2D eigenvalue weighted by molar-refractivity contribution is 0.541. The van der Waals surface area contributed by atoms with Crippen LogP contribution in [0.4, 0.5) is 0 Å². The molecule has 0 bridgehead atoms. The fourth-order valence-corrected chi connectivity index (χ4v) is 2.27. The summed E-state index contributed by atoms with van der Waals surface area (Å²) in [7, 11) is 0. The number of aryl methyl sites for hydroxylation is 1. The minimum Gasteiger partial charge on any atom is -0.311 e. The van der Waals surface area contributed by atoms with Gasteiger partial charge in [0.25, 0.3) is 0 Å². The molecule has 0 aliphatic rings. The topological polar surface area (TPSA) is 29.9 Å². The van der Waals surface area contributed by atoms with Gasteiger partial charge in [0.2, 0.25) is 0 Å². The number of nitrogens with zero attached hydrogens (tertiary/aromatic N) is 2.